The van der Waals surface area contributed by atoms with E-state index in [1.807, 2.05) is 32.3 Å². The first-order valence-corrected chi connectivity index (χ1v) is 6.99. The molecule has 0 amide bonds. The number of aliphatic hydroxyl groups excluding tert-OH is 2. The summed E-state index contributed by atoms with van der Waals surface area (Å²) in [5.74, 6) is 0.778. The van der Waals surface area contributed by atoms with Crippen LogP contribution in [0.4, 0.5) is 0 Å². The smallest absolute Gasteiger partial charge is 0.119 e. The molecule has 1 fully saturated rings. The molecule has 2 N–H and O–H groups in total. The molecule has 1 heterocycles. The summed E-state index contributed by atoms with van der Waals surface area (Å²) in [6.45, 7) is 2.71. The van der Waals surface area contributed by atoms with Gasteiger partial charge in [0.2, 0.25) is 0 Å². The second kappa shape index (κ2) is 7.04. The Balaban J connectivity index is 1.93. The normalized spacial score (nSPS) is 23.4. The molecule has 0 bridgehead atoms. The standard InChI is InChI=1S/C15H24N2O3/c1-16(2)14-10-17(11-15(14)19)9-12-4-3-5-13(8-12)20-7-6-18/h3-5,8,14-15,18-19H,6-7,9-11H2,1-2H3/t14-,15-/m1/s1. The molecule has 2 atom stereocenters. The lowest BCUT2D eigenvalue weighted by molar-refractivity contribution is 0.112. The first kappa shape index (κ1) is 15.3. The van der Waals surface area contributed by atoms with Gasteiger partial charge in [-0.25, -0.2) is 0 Å². The first-order chi connectivity index (χ1) is 9.60. The number of hydrogen-bond acceptors (Lipinski definition) is 5. The number of likely N-dealkylation sites (tertiary alicyclic amines) is 1. The lowest BCUT2D eigenvalue weighted by Gasteiger charge is -2.21. The molecule has 1 aromatic carbocycles. The highest BCUT2D eigenvalue weighted by molar-refractivity contribution is 5.28. The van der Waals surface area contributed by atoms with Gasteiger partial charge in [0.15, 0.2) is 0 Å². The molecule has 1 aromatic rings. The van der Waals surface area contributed by atoms with Gasteiger partial charge in [0.25, 0.3) is 0 Å². The van der Waals surface area contributed by atoms with Crippen LogP contribution in [-0.4, -0.2) is 72.6 Å². The Hall–Kier alpha value is -1.14. The van der Waals surface area contributed by atoms with Gasteiger partial charge in [0.1, 0.15) is 12.4 Å². The van der Waals surface area contributed by atoms with Crippen molar-refractivity contribution in [3.8, 4) is 5.75 Å². The van der Waals surface area contributed by atoms with Crippen LogP contribution in [0.15, 0.2) is 24.3 Å². The summed E-state index contributed by atoms with van der Waals surface area (Å²) < 4.78 is 5.41. The van der Waals surface area contributed by atoms with Crippen molar-refractivity contribution in [3.05, 3.63) is 29.8 Å². The van der Waals surface area contributed by atoms with E-state index in [2.05, 4.69) is 15.9 Å². The third-order valence-corrected chi connectivity index (χ3v) is 3.66. The summed E-state index contributed by atoms with van der Waals surface area (Å²) in [6.07, 6.45) is -0.293. The Morgan fingerprint density at radius 3 is 2.80 bits per heavy atom. The van der Waals surface area contributed by atoms with Crippen molar-refractivity contribution in [2.75, 3.05) is 40.4 Å². The summed E-state index contributed by atoms with van der Waals surface area (Å²) in [4.78, 5) is 4.33. The van der Waals surface area contributed by atoms with E-state index < -0.39 is 0 Å². The maximum Gasteiger partial charge on any atom is 0.119 e. The van der Waals surface area contributed by atoms with Gasteiger partial charge in [-0.1, -0.05) is 12.1 Å². The highest BCUT2D eigenvalue weighted by atomic mass is 16.5. The number of aliphatic hydroxyl groups is 2. The van der Waals surface area contributed by atoms with Crippen LogP contribution in [0, 0.1) is 0 Å². The lowest BCUT2D eigenvalue weighted by atomic mass is 10.2. The van der Waals surface area contributed by atoms with E-state index in [4.69, 9.17) is 9.84 Å². The van der Waals surface area contributed by atoms with Gasteiger partial charge in [-0.15, -0.1) is 0 Å². The molecule has 2 rings (SSSR count). The highest BCUT2D eigenvalue weighted by Crippen LogP contribution is 2.19. The second-order valence-corrected chi connectivity index (χ2v) is 5.51. The lowest BCUT2D eigenvalue weighted by Crippen LogP contribution is -2.37. The number of benzene rings is 1. The largest absolute Gasteiger partial charge is 0.491 e. The predicted octanol–water partition coefficient (Wildman–Crippen LogP) is 0.164. The Kier molecular flexibility index (Phi) is 5.37. The van der Waals surface area contributed by atoms with Crippen LogP contribution in [0.25, 0.3) is 0 Å². The van der Waals surface area contributed by atoms with E-state index in [0.29, 0.717) is 13.2 Å². The van der Waals surface area contributed by atoms with Gasteiger partial charge in [-0.2, -0.15) is 0 Å². The molecule has 0 aromatic heterocycles. The van der Waals surface area contributed by atoms with Crippen molar-refractivity contribution in [1.82, 2.24) is 9.80 Å². The van der Waals surface area contributed by atoms with E-state index in [1.54, 1.807) is 0 Å². The van der Waals surface area contributed by atoms with Crippen LogP contribution in [-0.2, 0) is 6.54 Å². The zero-order valence-corrected chi connectivity index (χ0v) is 12.2. The predicted molar refractivity (Wildman–Crippen MR) is 77.8 cm³/mol. The van der Waals surface area contributed by atoms with Crippen LogP contribution in [0.2, 0.25) is 0 Å². The molecule has 0 saturated carbocycles. The summed E-state index contributed by atoms with van der Waals surface area (Å²) in [6, 6.07) is 8.09. The van der Waals surface area contributed by atoms with Crippen LogP contribution in [0.3, 0.4) is 0 Å². The minimum absolute atomic E-state index is 0.0209. The fourth-order valence-electron chi connectivity index (χ4n) is 2.64. The van der Waals surface area contributed by atoms with Crippen LogP contribution < -0.4 is 4.74 Å². The van der Waals surface area contributed by atoms with E-state index in [-0.39, 0.29) is 18.8 Å². The maximum absolute atomic E-state index is 10.0. The molecule has 5 heteroatoms. The van der Waals surface area contributed by atoms with E-state index in [9.17, 15) is 5.11 Å². The SMILES string of the molecule is CN(C)[C@@H]1CN(Cc2cccc(OCCO)c2)C[C@H]1O. The third-order valence-electron chi connectivity index (χ3n) is 3.66. The van der Waals surface area contributed by atoms with Crippen LogP contribution >= 0.6 is 0 Å². The van der Waals surface area contributed by atoms with Crippen LogP contribution in [0.1, 0.15) is 5.56 Å². The summed E-state index contributed by atoms with van der Waals surface area (Å²) in [7, 11) is 4.00. The molecule has 0 spiro atoms. The molecule has 1 aliphatic heterocycles. The Labute approximate surface area is 120 Å². The highest BCUT2D eigenvalue weighted by Gasteiger charge is 2.32. The van der Waals surface area contributed by atoms with Gasteiger partial charge >= 0.3 is 0 Å². The van der Waals surface area contributed by atoms with Crippen molar-refractivity contribution in [1.29, 1.82) is 0 Å². The average Bonchev–Trinajstić information content (AvgIpc) is 2.78. The van der Waals surface area contributed by atoms with E-state index in [0.717, 1.165) is 24.4 Å². The van der Waals surface area contributed by atoms with Crippen molar-refractivity contribution in [2.24, 2.45) is 0 Å². The monoisotopic (exact) mass is 280 g/mol. The molecule has 112 valence electrons. The van der Waals surface area contributed by atoms with Crippen molar-refractivity contribution in [3.63, 3.8) is 0 Å². The maximum atomic E-state index is 10.0. The van der Waals surface area contributed by atoms with Crippen molar-refractivity contribution >= 4 is 0 Å². The van der Waals surface area contributed by atoms with Crippen molar-refractivity contribution < 1.29 is 14.9 Å². The number of likely N-dealkylation sites (N-methyl/N-ethyl adjacent to an activating group) is 1. The minimum atomic E-state index is -0.293. The molecule has 0 radical (unpaired) electrons. The first-order valence-electron chi connectivity index (χ1n) is 6.99. The van der Waals surface area contributed by atoms with E-state index in [1.165, 1.54) is 0 Å². The van der Waals surface area contributed by atoms with Gasteiger partial charge in [0.05, 0.1) is 12.7 Å². The molecule has 0 aliphatic carbocycles. The zero-order chi connectivity index (χ0) is 14.5. The minimum Gasteiger partial charge on any atom is -0.491 e. The molecular weight excluding hydrogens is 256 g/mol. The fourth-order valence-corrected chi connectivity index (χ4v) is 2.64. The summed E-state index contributed by atoms with van der Waals surface area (Å²) >= 11 is 0. The number of nitrogens with zero attached hydrogens (tertiary/aromatic N) is 2. The third kappa shape index (κ3) is 3.93. The Morgan fingerprint density at radius 2 is 2.15 bits per heavy atom. The van der Waals surface area contributed by atoms with Crippen molar-refractivity contribution in [2.45, 2.75) is 18.7 Å². The van der Waals surface area contributed by atoms with Crippen LogP contribution in [0.5, 0.6) is 5.75 Å². The summed E-state index contributed by atoms with van der Waals surface area (Å²) in [5, 5.41) is 18.8. The second-order valence-electron chi connectivity index (χ2n) is 5.51. The number of β-amino-alcohol motifs (C(OH)–C–C–N with tert-alkyl or cyclic N) is 1. The van der Waals surface area contributed by atoms with Gasteiger partial charge in [0, 0.05) is 25.7 Å². The molecule has 1 aliphatic rings. The van der Waals surface area contributed by atoms with Gasteiger partial charge in [-0.05, 0) is 31.8 Å². The molecule has 0 unspecified atom stereocenters. The fraction of sp³-hybridized carbons (Fsp3) is 0.600. The Morgan fingerprint density at radius 1 is 1.35 bits per heavy atom. The zero-order valence-electron chi connectivity index (χ0n) is 12.2. The Bertz CT molecular complexity index is 425. The molecule has 5 nitrogen and oxygen atoms in total. The summed E-state index contributed by atoms with van der Waals surface area (Å²) in [5.41, 5.74) is 1.16. The quantitative estimate of drug-likeness (QED) is 0.778. The van der Waals surface area contributed by atoms with Gasteiger partial charge < -0.3 is 19.8 Å². The molecular formula is C15H24N2O3. The molecule has 20 heavy (non-hydrogen) atoms. The van der Waals surface area contributed by atoms with Gasteiger partial charge in [-0.3, -0.25) is 4.90 Å². The average molecular weight is 280 g/mol. The number of ether oxygens (including phenoxy) is 1. The number of rotatable bonds is 6. The number of hydrogen-bond donors (Lipinski definition) is 2. The topological polar surface area (TPSA) is 56.2 Å². The van der Waals surface area contributed by atoms with E-state index >= 15 is 0 Å². The molecule has 1 saturated heterocycles.